The van der Waals surface area contributed by atoms with Crippen molar-refractivity contribution in [1.29, 1.82) is 5.26 Å². The van der Waals surface area contributed by atoms with Crippen LogP contribution in [0.25, 0.3) is 22.0 Å². The van der Waals surface area contributed by atoms with Crippen molar-refractivity contribution in [2.24, 2.45) is 0 Å². The van der Waals surface area contributed by atoms with Gasteiger partial charge in [0.2, 0.25) is 0 Å². The molecule has 3 aromatic carbocycles. The van der Waals surface area contributed by atoms with E-state index in [0.717, 1.165) is 67.5 Å². The number of methoxy groups -OCH3 is 1. The average Bonchev–Trinajstić information content (AvgIpc) is 3.73. The molecule has 2 atom stereocenters. The molecule has 7 heteroatoms. The zero-order valence-corrected chi connectivity index (χ0v) is 24.8. The van der Waals surface area contributed by atoms with Gasteiger partial charge in [-0.05, 0) is 92.2 Å². The van der Waals surface area contributed by atoms with Crippen molar-refractivity contribution in [2.45, 2.75) is 44.2 Å². The Morgan fingerprint density at radius 3 is 2.51 bits per heavy atom. The number of nitriles is 1. The summed E-state index contributed by atoms with van der Waals surface area (Å²) in [7, 11) is 1.71. The van der Waals surface area contributed by atoms with Crippen molar-refractivity contribution in [2.75, 3.05) is 45.2 Å². The second-order valence-corrected chi connectivity index (χ2v) is 11.8. The number of likely N-dealkylation sites (tertiary alicyclic amines) is 2. The fourth-order valence-corrected chi connectivity index (χ4v) is 6.56. The topological polar surface area (TPSA) is 81.5 Å². The molecule has 2 saturated heterocycles. The molecule has 2 fully saturated rings. The van der Waals surface area contributed by atoms with Gasteiger partial charge in [0.15, 0.2) is 0 Å². The second kappa shape index (κ2) is 13.4. The second-order valence-electron chi connectivity index (χ2n) is 11.8. The van der Waals surface area contributed by atoms with Crippen LogP contribution in [0.1, 0.15) is 47.2 Å². The summed E-state index contributed by atoms with van der Waals surface area (Å²) in [5.74, 6) is 0.746. The number of nitrogens with zero attached hydrogens (tertiary/aromatic N) is 4. The summed E-state index contributed by atoms with van der Waals surface area (Å²) < 4.78 is 5.56. The fourth-order valence-electron chi connectivity index (χ4n) is 6.56. The highest BCUT2D eigenvalue weighted by Gasteiger charge is 2.32. The fraction of sp³-hybridized carbons (Fsp3) is 0.361. The van der Waals surface area contributed by atoms with E-state index in [1.54, 1.807) is 7.11 Å². The maximum absolute atomic E-state index is 14.4. The predicted octanol–water partition coefficient (Wildman–Crippen LogP) is 6.14. The minimum Gasteiger partial charge on any atom is -0.383 e. The van der Waals surface area contributed by atoms with Crippen LogP contribution in [-0.2, 0) is 11.2 Å². The molecule has 0 unspecified atom stereocenters. The summed E-state index contributed by atoms with van der Waals surface area (Å²) >= 11 is 0. The summed E-state index contributed by atoms with van der Waals surface area (Å²) in [6.45, 7) is 4.49. The molecule has 7 nitrogen and oxygen atoms in total. The van der Waals surface area contributed by atoms with E-state index in [-0.39, 0.29) is 18.0 Å². The number of aromatic nitrogens is 1. The Bertz CT molecular complexity index is 1590. The van der Waals surface area contributed by atoms with Crippen molar-refractivity contribution < 1.29 is 9.53 Å². The van der Waals surface area contributed by atoms with Crippen molar-refractivity contribution in [3.8, 4) is 17.2 Å². The van der Waals surface area contributed by atoms with E-state index >= 15 is 0 Å². The molecule has 0 saturated carbocycles. The van der Waals surface area contributed by atoms with Crippen LogP contribution in [0.4, 0.5) is 5.82 Å². The molecule has 2 aliphatic rings. The van der Waals surface area contributed by atoms with Crippen molar-refractivity contribution >= 4 is 22.6 Å². The Kier molecular flexibility index (Phi) is 8.97. The Morgan fingerprint density at radius 2 is 1.77 bits per heavy atom. The molecule has 0 aliphatic carbocycles. The first-order valence-electron chi connectivity index (χ1n) is 15.4. The molecule has 0 radical (unpaired) electrons. The number of hydrogen-bond acceptors (Lipinski definition) is 6. The maximum atomic E-state index is 14.4. The third-order valence-corrected chi connectivity index (χ3v) is 8.74. The van der Waals surface area contributed by atoms with Crippen LogP contribution in [-0.4, -0.2) is 72.7 Å². The quantitative estimate of drug-likeness (QED) is 0.245. The number of pyridine rings is 1. The van der Waals surface area contributed by atoms with E-state index < -0.39 is 0 Å². The number of carbonyl (C=O) groups is 1. The van der Waals surface area contributed by atoms with Crippen LogP contribution in [0.2, 0.25) is 0 Å². The zero-order valence-electron chi connectivity index (χ0n) is 24.8. The third kappa shape index (κ3) is 6.72. The summed E-state index contributed by atoms with van der Waals surface area (Å²) in [4.78, 5) is 24.0. The van der Waals surface area contributed by atoms with Crippen LogP contribution in [0.15, 0.2) is 78.9 Å². The normalized spacial score (nSPS) is 17.7. The Labute approximate surface area is 254 Å². The first kappa shape index (κ1) is 28.9. The summed E-state index contributed by atoms with van der Waals surface area (Å²) in [6.07, 6.45) is 5.34. The molecule has 1 amide bonds. The smallest absolute Gasteiger partial charge is 0.254 e. The van der Waals surface area contributed by atoms with Gasteiger partial charge in [0.25, 0.3) is 5.91 Å². The van der Waals surface area contributed by atoms with Crippen LogP contribution in [0.3, 0.4) is 0 Å². The lowest BCUT2D eigenvalue weighted by Crippen LogP contribution is -2.42. The Hall–Kier alpha value is -4.25. The summed E-state index contributed by atoms with van der Waals surface area (Å²) in [5.41, 5.74) is 5.27. The van der Waals surface area contributed by atoms with E-state index in [9.17, 15) is 10.1 Å². The molecule has 1 N–H and O–H groups in total. The van der Waals surface area contributed by atoms with Gasteiger partial charge in [0, 0.05) is 31.6 Å². The number of anilines is 1. The average molecular weight is 574 g/mol. The monoisotopic (exact) mass is 573 g/mol. The molecule has 4 aromatic rings. The molecule has 2 aliphatic heterocycles. The molecule has 43 heavy (non-hydrogen) atoms. The molecule has 6 rings (SSSR count). The largest absolute Gasteiger partial charge is 0.383 e. The van der Waals surface area contributed by atoms with Gasteiger partial charge in [0.1, 0.15) is 5.82 Å². The van der Waals surface area contributed by atoms with Gasteiger partial charge in [-0.3, -0.25) is 4.79 Å². The first-order valence-corrected chi connectivity index (χ1v) is 15.4. The minimum absolute atomic E-state index is 0.00655. The lowest BCUT2D eigenvalue weighted by Gasteiger charge is -2.29. The number of carbonyl (C=O) groups excluding carboxylic acids is 1. The molecule has 0 spiro atoms. The van der Waals surface area contributed by atoms with Crippen molar-refractivity contribution in [1.82, 2.24) is 14.8 Å². The van der Waals surface area contributed by atoms with Crippen LogP contribution >= 0.6 is 0 Å². The predicted molar refractivity (Wildman–Crippen MR) is 171 cm³/mol. The number of amides is 1. The van der Waals surface area contributed by atoms with Crippen molar-refractivity contribution in [3.05, 3.63) is 95.6 Å². The van der Waals surface area contributed by atoms with E-state index in [0.29, 0.717) is 23.6 Å². The molecule has 1 aromatic heterocycles. The highest BCUT2D eigenvalue weighted by molar-refractivity contribution is 6.08. The number of rotatable bonds is 10. The van der Waals surface area contributed by atoms with E-state index in [1.807, 2.05) is 60.7 Å². The molecular weight excluding hydrogens is 534 g/mol. The highest BCUT2D eigenvalue weighted by Crippen LogP contribution is 2.31. The molecular formula is C36H39N5O2. The lowest BCUT2D eigenvalue weighted by molar-refractivity contribution is 0.0710. The van der Waals surface area contributed by atoms with Gasteiger partial charge in [-0.2, -0.15) is 5.26 Å². The number of benzene rings is 3. The highest BCUT2D eigenvalue weighted by atomic mass is 16.5. The Morgan fingerprint density at radius 1 is 1.00 bits per heavy atom. The van der Waals surface area contributed by atoms with E-state index in [1.165, 1.54) is 18.4 Å². The maximum Gasteiger partial charge on any atom is 0.254 e. The number of fused-ring (bicyclic) bond motifs is 1. The molecule has 220 valence electrons. The third-order valence-electron chi connectivity index (χ3n) is 8.74. The molecule has 0 bridgehead atoms. The lowest BCUT2D eigenvalue weighted by atomic mass is 9.99. The van der Waals surface area contributed by atoms with Crippen molar-refractivity contribution in [3.63, 3.8) is 0 Å². The van der Waals surface area contributed by atoms with Gasteiger partial charge in [0.05, 0.1) is 35.4 Å². The van der Waals surface area contributed by atoms with Gasteiger partial charge in [-0.1, -0.05) is 48.5 Å². The van der Waals surface area contributed by atoms with Crippen LogP contribution in [0, 0.1) is 11.3 Å². The van der Waals surface area contributed by atoms with Gasteiger partial charge >= 0.3 is 0 Å². The number of nitrogens with one attached hydrogen (secondary N) is 1. The Balaban J connectivity index is 1.36. The van der Waals surface area contributed by atoms with E-state index in [4.69, 9.17) is 9.72 Å². The molecule has 3 heterocycles. The number of ether oxygens (including phenoxy) is 1. The van der Waals surface area contributed by atoms with Crippen LogP contribution in [0.5, 0.6) is 0 Å². The summed E-state index contributed by atoms with van der Waals surface area (Å²) in [5, 5.41) is 13.7. The van der Waals surface area contributed by atoms with E-state index in [2.05, 4.69) is 39.4 Å². The standard InChI is InChI=1S/C36H39N5O2/c1-43-25-30(20-26-8-3-2-4-9-26)38-35-22-33(36(42)41-19-7-10-31(41)24-40-17-5-6-18-40)32-21-29(15-16-34(32)39-35)28-13-11-27(23-37)12-14-28/h2-4,8-9,11-16,21-22,30-31H,5-7,10,17-20,24-25H2,1H3,(H,38,39)/t30-,31-/m0/s1. The summed E-state index contributed by atoms with van der Waals surface area (Å²) in [6, 6.07) is 28.4. The van der Waals surface area contributed by atoms with Gasteiger partial charge < -0.3 is 19.9 Å². The number of hydrogen-bond donors (Lipinski definition) is 1. The van der Waals surface area contributed by atoms with Gasteiger partial charge in [-0.25, -0.2) is 4.98 Å². The van der Waals surface area contributed by atoms with Crippen LogP contribution < -0.4 is 5.32 Å². The minimum atomic E-state index is -0.00655. The van der Waals surface area contributed by atoms with Gasteiger partial charge in [-0.15, -0.1) is 0 Å². The zero-order chi connectivity index (χ0) is 29.6. The SMILES string of the molecule is COC[C@H](Cc1ccccc1)Nc1cc(C(=O)N2CCC[C@H]2CN2CCCC2)c2cc(-c3ccc(C#N)cc3)ccc2n1. The first-order chi connectivity index (χ1) is 21.1.